The van der Waals surface area contributed by atoms with Crippen molar-refractivity contribution in [3.8, 4) is 6.07 Å². The van der Waals surface area contributed by atoms with Crippen LogP contribution in [0.3, 0.4) is 0 Å². The van der Waals surface area contributed by atoms with Crippen molar-refractivity contribution in [1.29, 1.82) is 5.26 Å². The number of imidazole rings is 1. The van der Waals surface area contributed by atoms with Crippen molar-refractivity contribution in [1.82, 2.24) is 15.0 Å². The molecule has 3 aromatic rings. The summed E-state index contributed by atoms with van der Waals surface area (Å²) in [7, 11) is 0. The second kappa shape index (κ2) is 4.74. The number of nitrogen functional groups attached to an aromatic ring is 1. The lowest BCUT2D eigenvalue weighted by atomic mass is 9.99. The molecule has 0 spiro atoms. The molecule has 0 aliphatic carbocycles. The van der Waals surface area contributed by atoms with Crippen molar-refractivity contribution >= 4 is 22.7 Å². The largest absolute Gasteiger partial charge is 0.383 e. The van der Waals surface area contributed by atoms with E-state index in [2.05, 4.69) is 19.9 Å². The van der Waals surface area contributed by atoms with Crippen LogP contribution < -0.4 is 10.6 Å². The molecule has 4 rings (SSSR count). The Morgan fingerprint density at radius 1 is 1.18 bits per heavy atom. The normalized spacial score (nSPS) is 14.8. The monoisotopic (exact) mass is 290 g/mol. The molecule has 0 radical (unpaired) electrons. The van der Waals surface area contributed by atoms with E-state index < -0.39 is 0 Å². The first-order valence-corrected chi connectivity index (χ1v) is 7.11. The highest BCUT2D eigenvalue weighted by Gasteiger charge is 2.31. The molecule has 1 saturated heterocycles. The molecule has 0 unspecified atom stereocenters. The minimum Gasteiger partial charge on any atom is -0.383 e. The van der Waals surface area contributed by atoms with Crippen LogP contribution in [0.5, 0.6) is 0 Å². The minimum absolute atomic E-state index is 0.284. The van der Waals surface area contributed by atoms with Crippen LogP contribution in [0.1, 0.15) is 17.3 Å². The highest BCUT2D eigenvalue weighted by molar-refractivity contribution is 5.75. The van der Waals surface area contributed by atoms with E-state index in [0.29, 0.717) is 11.5 Å². The maximum Gasteiger partial charge on any atom is 0.143 e. The molecule has 22 heavy (non-hydrogen) atoms. The van der Waals surface area contributed by atoms with Crippen LogP contribution in [0.25, 0.3) is 11.0 Å². The van der Waals surface area contributed by atoms with Crippen LogP contribution in [0.2, 0.25) is 0 Å². The third-order valence-corrected chi connectivity index (χ3v) is 4.03. The molecule has 108 valence electrons. The summed E-state index contributed by atoms with van der Waals surface area (Å²) in [5.41, 5.74) is 8.24. The molecule has 0 bridgehead atoms. The number of pyridine rings is 1. The zero-order valence-corrected chi connectivity index (χ0v) is 11.8. The van der Waals surface area contributed by atoms with Crippen LogP contribution in [0.4, 0.5) is 11.6 Å². The number of para-hydroxylation sites is 2. The molecule has 1 aromatic carbocycles. The number of rotatable bonds is 2. The molecule has 2 aromatic heterocycles. The van der Waals surface area contributed by atoms with E-state index >= 15 is 0 Å². The van der Waals surface area contributed by atoms with E-state index in [4.69, 9.17) is 11.0 Å². The molecule has 0 atom stereocenters. The Labute approximate surface area is 127 Å². The quantitative estimate of drug-likeness (QED) is 0.753. The Bertz CT molecular complexity index is 852. The van der Waals surface area contributed by atoms with Gasteiger partial charge in [0, 0.05) is 13.1 Å². The van der Waals surface area contributed by atoms with E-state index in [0.717, 1.165) is 35.8 Å². The summed E-state index contributed by atoms with van der Waals surface area (Å²) in [5.74, 6) is 2.47. The van der Waals surface area contributed by atoms with Crippen LogP contribution in [-0.2, 0) is 0 Å². The van der Waals surface area contributed by atoms with E-state index in [9.17, 15) is 0 Å². The molecular formula is C16H14N6. The number of anilines is 2. The van der Waals surface area contributed by atoms with Gasteiger partial charge < -0.3 is 15.6 Å². The molecule has 1 aliphatic heterocycles. The lowest BCUT2D eigenvalue weighted by molar-refractivity contribution is 0.501. The Hall–Kier alpha value is -3.07. The lowest BCUT2D eigenvalue weighted by Gasteiger charge is -2.39. The van der Waals surface area contributed by atoms with Crippen LogP contribution >= 0.6 is 0 Å². The summed E-state index contributed by atoms with van der Waals surface area (Å²) in [5, 5.41) is 8.88. The number of hydrogen-bond donors (Lipinski definition) is 2. The van der Waals surface area contributed by atoms with Gasteiger partial charge in [-0.05, 0) is 24.3 Å². The standard InChI is InChI=1S/C16H14N6/c17-7-10-5-6-14(21-15(10)18)22-8-11(9-22)16-19-12-3-1-2-4-13(12)20-16/h1-6,11H,8-9H2,(H2,18,21)(H,19,20). The van der Waals surface area contributed by atoms with Crippen LogP contribution in [0, 0.1) is 11.3 Å². The molecule has 3 N–H and O–H groups in total. The second-order valence-corrected chi connectivity index (χ2v) is 5.46. The number of aromatic amines is 1. The predicted octanol–water partition coefficient (Wildman–Crippen LogP) is 2.02. The Kier molecular flexibility index (Phi) is 2.73. The molecule has 3 heterocycles. The van der Waals surface area contributed by atoms with Crippen molar-refractivity contribution in [2.24, 2.45) is 0 Å². The zero-order chi connectivity index (χ0) is 15.1. The Morgan fingerprint density at radius 2 is 2.00 bits per heavy atom. The van der Waals surface area contributed by atoms with Gasteiger partial charge in [0.05, 0.1) is 22.5 Å². The third-order valence-electron chi connectivity index (χ3n) is 4.03. The van der Waals surface area contributed by atoms with Crippen molar-refractivity contribution in [3.63, 3.8) is 0 Å². The number of benzene rings is 1. The van der Waals surface area contributed by atoms with Gasteiger partial charge in [0.25, 0.3) is 0 Å². The summed E-state index contributed by atoms with van der Waals surface area (Å²) in [6, 6.07) is 13.6. The molecular weight excluding hydrogens is 276 g/mol. The van der Waals surface area contributed by atoms with Gasteiger partial charge in [-0.2, -0.15) is 5.26 Å². The number of fused-ring (bicyclic) bond motifs is 1. The van der Waals surface area contributed by atoms with Gasteiger partial charge in [0.2, 0.25) is 0 Å². The fraction of sp³-hybridized carbons (Fsp3) is 0.188. The molecule has 6 heteroatoms. The smallest absolute Gasteiger partial charge is 0.143 e. The third kappa shape index (κ3) is 1.95. The van der Waals surface area contributed by atoms with Gasteiger partial charge in [-0.15, -0.1) is 0 Å². The van der Waals surface area contributed by atoms with Crippen LogP contribution in [-0.4, -0.2) is 28.0 Å². The summed E-state index contributed by atoms with van der Waals surface area (Å²) in [6.07, 6.45) is 0. The van der Waals surface area contributed by atoms with Crippen molar-refractivity contribution in [2.45, 2.75) is 5.92 Å². The van der Waals surface area contributed by atoms with Crippen LogP contribution in [0.15, 0.2) is 36.4 Å². The first-order chi connectivity index (χ1) is 10.7. The fourth-order valence-corrected chi connectivity index (χ4v) is 2.74. The van der Waals surface area contributed by atoms with Gasteiger partial charge in [-0.25, -0.2) is 9.97 Å². The number of aromatic nitrogens is 3. The first-order valence-electron chi connectivity index (χ1n) is 7.11. The molecule has 0 amide bonds. The summed E-state index contributed by atoms with van der Waals surface area (Å²) in [6.45, 7) is 1.69. The van der Waals surface area contributed by atoms with Gasteiger partial charge in [0.15, 0.2) is 0 Å². The SMILES string of the molecule is N#Cc1ccc(N2CC(c3nc4ccccc4[nH]3)C2)nc1N. The summed E-state index contributed by atoms with van der Waals surface area (Å²) in [4.78, 5) is 14.4. The summed E-state index contributed by atoms with van der Waals surface area (Å²) >= 11 is 0. The second-order valence-electron chi connectivity index (χ2n) is 5.46. The molecule has 1 aliphatic rings. The lowest BCUT2D eigenvalue weighted by Crippen LogP contribution is -2.46. The number of nitrogens with one attached hydrogen (secondary N) is 1. The van der Waals surface area contributed by atoms with Crippen molar-refractivity contribution in [3.05, 3.63) is 47.8 Å². The Morgan fingerprint density at radius 3 is 2.73 bits per heavy atom. The molecule has 6 nitrogen and oxygen atoms in total. The van der Waals surface area contributed by atoms with E-state index in [-0.39, 0.29) is 5.82 Å². The van der Waals surface area contributed by atoms with Gasteiger partial charge in [-0.1, -0.05) is 12.1 Å². The highest BCUT2D eigenvalue weighted by atomic mass is 15.3. The number of nitrogens with zero attached hydrogens (tertiary/aromatic N) is 4. The first kappa shape index (κ1) is 12.7. The molecule has 1 fully saturated rings. The maximum absolute atomic E-state index is 8.88. The van der Waals surface area contributed by atoms with Gasteiger partial charge in [-0.3, -0.25) is 0 Å². The van der Waals surface area contributed by atoms with Gasteiger partial charge in [0.1, 0.15) is 23.5 Å². The number of H-pyrrole nitrogens is 1. The zero-order valence-electron chi connectivity index (χ0n) is 11.8. The molecule has 0 saturated carbocycles. The van der Waals surface area contributed by atoms with E-state index in [1.54, 1.807) is 6.07 Å². The topological polar surface area (TPSA) is 94.6 Å². The number of nitriles is 1. The predicted molar refractivity (Wildman–Crippen MR) is 84.4 cm³/mol. The fourth-order valence-electron chi connectivity index (χ4n) is 2.74. The number of hydrogen-bond acceptors (Lipinski definition) is 5. The summed E-state index contributed by atoms with van der Waals surface area (Å²) < 4.78 is 0. The van der Waals surface area contributed by atoms with E-state index in [1.807, 2.05) is 36.4 Å². The highest BCUT2D eigenvalue weighted by Crippen LogP contribution is 2.30. The average Bonchev–Trinajstić information content (AvgIpc) is 2.89. The number of nitrogens with two attached hydrogens (primary N) is 1. The average molecular weight is 290 g/mol. The van der Waals surface area contributed by atoms with E-state index in [1.165, 1.54) is 0 Å². The van der Waals surface area contributed by atoms with Crippen molar-refractivity contribution < 1.29 is 0 Å². The van der Waals surface area contributed by atoms with Crippen molar-refractivity contribution in [2.75, 3.05) is 23.7 Å². The Balaban J connectivity index is 1.52. The maximum atomic E-state index is 8.88. The minimum atomic E-state index is 0.284. The van der Waals surface area contributed by atoms with Gasteiger partial charge >= 0.3 is 0 Å².